The van der Waals surface area contributed by atoms with Crippen LogP contribution in [0.25, 0.3) is 0 Å². The van der Waals surface area contributed by atoms with Gasteiger partial charge in [0.1, 0.15) is 5.75 Å². The van der Waals surface area contributed by atoms with Gasteiger partial charge >= 0.3 is 6.36 Å². The first-order valence-corrected chi connectivity index (χ1v) is 7.81. The number of hydrogen-bond donors (Lipinski definition) is 1. The Hall–Kier alpha value is -2.09. The van der Waals surface area contributed by atoms with Gasteiger partial charge in [-0.3, -0.25) is 4.79 Å². The normalized spacial score (nSPS) is 14.6. The van der Waals surface area contributed by atoms with E-state index in [1.807, 2.05) is 0 Å². The summed E-state index contributed by atoms with van der Waals surface area (Å²) in [5, 5.41) is 3.32. The minimum absolute atomic E-state index is 0.000414. The van der Waals surface area contributed by atoms with E-state index < -0.39 is 6.36 Å². The molecule has 1 aliphatic rings. The van der Waals surface area contributed by atoms with Crippen LogP contribution >= 0.6 is 11.3 Å². The van der Waals surface area contributed by atoms with Crippen LogP contribution in [0.4, 0.5) is 18.3 Å². The molecule has 0 spiro atoms. The largest absolute Gasteiger partial charge is 0.573 e. The molecule has 0 aliphatic heterocycles. The molecule has 1 amide bonds. The number of ether oxygens (including phenoxy) is 1. The Morgan fingerprint density at radius 1 is 1.30 bits per heavy atom. The lowest BCUT2D eigenvalue weighted by Gasteiger charge is -2.08. The molecule has 0 atom stereocenters. The summed E-state index contributed by atoms with van der Waals surface area (Å²) in [6.45, 7) is 0. The molecule has 2 aromatic rings. The molecule has 0 bridgehead atoms. The van der Waals surface area contributed by atoms with E-state index in [1.54, 1.807) is 18.3 Å². The van der Waals surface area contributed by atoms with Crippen LogP contribution in [0.5, 0.6) is 5.75 Å². The Kier molecular flexibility index (Phi) is 4.25. The highest BCUT2D eigenvalue weighted by atomic mass is 32.1. The van der Waals surface area contributed by atoms with Crippen molar-refractivity contribution < 1.29 is 22.7 Å². The number of thiazole rings is 1. The van der Waals surface area contributed by atoms with Crippen molar-refractivity contribution in [3.8, 4) is 5.75 Å². The highest BCUT2D eigenvalue weighted by Gasteiger charge is 2.31. The predicted molar refractivity (Wildman–Crippen MR) is 79.4 cm³/mol. The van der Waals surface area contributed by atoms with E-state index in [4.69, 9.17) is 0 Å². The monoisotopic (exact) mass is 342 g/mol. The smallest absolute Gasteiger partial charge is 0.406 e. The maximum absolute atomic E-state index is 12.1. The maximum atomic E-state index is 12.1. The number of alkyl halides is 3. The molecule has 1 saturated carbocycles. The second kappa shape index (κ2) is 6.19. The van der Waals surface area contributed by atoms with Crippen LogP contribution < -0.4 is 10.1 Å². The molecule has 0 saturated heterocycles. The zero-order valence-corrected chi connectivity index (χ0v) is 12.7. The number of carbonyl (C=O) groups excluding carboxylic acids is 1. The number of nitrogens with zero attached hydrogens (tertiary/aromatic N) is 1. The van der Waals surface area contributed by atoms with E-state index in [0.29, 0.717) is 11.6 Å². The van der Waals surface area contributed by atoms with Crippen molar-refractivity contribution in [2.24, 2.45) is 5.92 Å². The van der Waals surface area contributed by atoms with Gasteiger partial charge in [-0.1, -0.05) is 12.1 Å². The Labute approximate surface area is 134 Å². The standard InChI is InChI=1S/C15H13F3N2O2S/c16-15(17,18)22-11-5-1-9(2-6-11)7-12-8-19-14(23-12)20-13(21)10-3-4-10/h1-2,5-6,8,10H,3-4,7H2,(H,19,20,21). The van der Waals surface area contributed by atoms with Crippen LogP contribution in [-0.2, 0) is 11.2 Å². The minimum atomic E-state index is -4.69. The van der Waals surface area contributed by atoms with Gasteiger partial charge in [0, 0.05) is 23.4 Å². The van der Waals surface area contributed by atoms with Crippen molar-refractivity contribution in [1.82, 2.24) is 4.98 Å². The summed E-state index contributed by atoms with van der Waals surface area (Å²) in [7, 11) is 0. The summed E-state index contributed by atoms with van der Waals surface area (Å²) in [5.41, 5.74) is 0.836. The first-order chi connectivity index (χ1) is 10.9. The van der Waals surface area contributed by atoms with Crippen molar-refractivity contribution >= 4 is 22.4 Å². The summed E-state index contributed by atoms with van der Waals surface area (Å²) in [6, 6.07) is 5.70. The van der Waals surface area contributed by atoms with E-state index in [2.05, 4.69) is 15.0 Å². The van der Waals surface area contributed by atoms with Gasteiger partial charge in [-0.05, 0) is 30.5 Å². The summed E-state index contributed by atoms with van der Waals surface area (Å²) in [4.78, 5) is 16.7. The predicted octanol–water partition coefficient (Wildman–Crippen LogP) is 3.98. The molecular formula is C15H13F3N2O2S. The lowest BCUT2D eigenvalue weighted by atomic mass is 10.1. The molecule has 1 aromatic heterocycles. The third-order valence-corrected chi connectivity index (χ3v) is 4.18. The fourth-order valence-electron chi connectivity index (χ4n) is 2.01. The Balaban J connectivity index is 1.58. The van der Waals surface area contributed by atoms with Gasteiger partial charge in [0.25, 0.3) is 0 Å². The van der Waals surface area contributed by atoms with Gasteiger partial charge in [-0.2, -0.15) is 0 Å². The number of hydrogen-bond acceptors (Lipinski definition) is 4. The molecule has 3 rings (SSSR count). The summed E-state index contributed by atoms with van der Waals surface area (Å²) < 4.78 is 40.1. The maximum Gasteiger partial charge on any atom is 0.573 e. The number of aromatic nitrogens is 1. The van der Waals surface area contributed by atoms with Crippen LogP contribution in [0, 0.1) is 5.92 Å². The van der Waals surface area contributed by atoms with Gasteiger partial charge in [0.05, 0.1) is 0 Å². The Bertz CT molecular complexity index is 693. The fraction of sp³-hybridized carbons (Fsp3) is 0.333. The zero-order chi connectivity index (χ0) is 16.4. The molecule has 1 N–H and O–H groups in total. The van der Waals surface area contributed by atoms with Gasteiger partial charge in [0.2, 0.25) is 5.91 Å². The van der Waals surface area contributed by atoms with E-state index in [1.165, 1.54) is 23.5 Å². The van der Waals surface area contributed by atoms with Crippen LogP contribution in [-0.4, -0.2) is 17.3 Å². The van der Waals surface area contributed by atoms with Crippen molar-refractivity contribution in [2.45, 2.75) is 25.6 Å². The second-order valence-corrected chi connectivity index (χ2v) is 6.38. The van der Waals surface area contributed by atoms with E-state index in [9.17, 15) is 18.0 Å². The summed E-state index contributed by atoms with van der Waals surface area (Å²) in [5.74, 6) is -0.133. The van der Waals surface area contributed by atoms with Crippen molar-refractivity contribution in [3.05, 3.63) is 40.9 Å². The number of rotatable bonds is 5. The molecule has 23 heavy (non-hydrogen) atoms. The molecule has 1 heterocycles. The lowest BCUT2D eigenvalue weighted by molar-refractivity contribution is -0.274. The number of halogens is 3. The van der Waals surface area contributed by atoms with Crippen molar-refractivity contribution in [1.29, 1.82) is 0 Å². The molecule has 0 radical (unpaired) electrons. The zero-order valence-electron chi connectivity index (χ0n) is 11.9. The fourth-order valence-corrected chi connectivity index (χ4v) is 2.86. The van der Waals surface area contributed by atoms with Crippen molar-refractivity contribution in [2.75, 3.05) is 5.32 Å². The van der Waals surface area contributed by atoms with E-state index >= 15 is 0 Å². The average molecular weight is 342 g/mol. The number of carbonyl (C=O) groups is 1. The van der Waals surface area contributed by atoms with E-state index in [0.717, 1.165) is 23.3 Å². The van der Waals surface area contributed by atoms with Gasteiger partial charge in [-0.15, -0.1) is 24.5 Å². The topological polar surface area (TPSA) is 51.2 Å². The molecule has 1 aliphatic carbocycles. The molecule has 1 aromatic carbocycles. The summed E-state index contributed by atoms with van der Waals surface area (Å²) in [6.07, 6.45) is -0.642. The van der Waals surface area contributed by atoms with Crippen molar-refractivity contribution in [3.63, 3.8) is 0 Å². The highest BCUT2D eigenvalue weighted by molar-refractivity contribution is 7.15. The number of amides is 1. The SMILES string of the molecule is O=C(Nc1ncc(Cc2ccc(OC(F)(F)F)cc2)s1)C1CC1. The van der Waals surface area contributed by atoms with Gasteiger partial charge in [-0.25, -0.2) is 4.98 Å². The summed E-state index contributed by atoms with van der Waals surface area (Å²) >= 11 is 1.36. The van der Waals surface area contributed by atoms with Crippen LogP contribution in [0.3, 0.4) is 0 Å². The number of anilines is 1. The molecular weight excluding hydrogens is 329 g/mol. The first kappa shape index (κ1) is 15.8. The van der Waals surface area contributed by atoms with Crippen LogP contribution in [0.2, 0.25) is 0 Å². The Morgan fingerprint density at radius 3 is 2.61 bits per heavy atom. The quantitative estimate of drug-likeness (QED) is 0.894. The third kappa shape index (κ3) is 4.69. The van der Waals surface area contributed by atoms with Crippen LogP contribution in [0.1, 0.15) is 23.3 Å². The van der Waals surface area contributed by atoms with Gasteiger partial charge < -0.3 is 10.1 Å². The average Bonchev–Trinajstić information content (AvgIpc) is 3.23. The molecule has 4 nitrogen and oxygen atoms in total. The Morgan fingerprint density at radius 2 is 2.00 bits per heavy atom. The molecule has 1 fully saturated rings. The first-order valence-electron chi connectivity index (χ1n) is 6.99. The molecule has 8 heteroatoms. The number of benzene rings is 1. The second-order valence-electron chi connectivity index (χ2n) is 5.26. The van der Waals surface area contributed by atoms with Gasteiger partial charge in [0.15, 0.2) is 5.13 Å². The van der Waals surface area contributed by atoms with Crippen LogP contribution in [0.15, 0.2) is 30.5 Å². The minimum Gasteiger partial charge on any atom is -0.406 e. The molecule has 122 valence electrons. The number of nitrogens with one attached hydrogen (secondary N) is 1. The van der Waals surface area contributed by atoms with E-state index in [-0.39, 0.29) is 17.6 Å². The molecule has 0 unspecified atom stereocenters. The lowest BCUT2D eigenvalue weighted by Crippen LogP contribution is -2.17. The third-order valence-electron chi connectivity index (χ3n) is 3.27. The highest BCUT2D eigenvalue weighted by Crippen LogP contribution is 2.31.